The quantitative estimate of drug-likeness (QED) is 0.676. The number of rotatable bonds is 2. The van der Waals surface area contributed by atoms with Crippen LogP contribution < -0.4 is 5.32 Å². The number of hydrogen-bond acceptors (Lipinski definition) is 3. The Bertz CT molecular complexity index is 196. The molecule has 0 spiro atoms. The van der Waals surface area contributed by atoms with Crippen LogP contribution in [0.4, 0.5) is 0 Å². The second-order valence-electron chi connectivity index (χ2n) is 5.23. The van der Waals surface area contributed by atoms with Crippen LogP contribution in [0.1, 0.15) is 26.7 Å². The van der Waals surface area contributed by atoms with Crippen LogP contribution >= 0.6 is 0 Å². The maximum Gasteiger partial charge on any atom is 0.0682 e. The van der Waals surface area contributed by atoms with E-state index in [0.717, 1.165) is 32.0 Å². The Balaban J connectivity index is 1.85. The van der Waals surface area contributed by atoms with Crippen molar-refractivity contribution in [3.63, 3.8) is 0 Å². The van der Waals surface area contributed by atoms with E-state index in [-0.39, 0.29) is 6.10 Å². The topological polar surface area (TPSA) is 35.5 Å². The predicted octanol–water partition coefficient (Wildman–Crippen LogP) is 0.439. The van der Waals surface area contributed by atoms with Gasteiger partial charge in [0.25, 0.3) is 0 Å². The molecule has 0 bridgehead atoms. The van der Waals surface area contributed by atoms with Crippen LogP contribution in [0.15, 0.2) is 0 Å². The van der Waals surface area contributed by atoms with Crippen LogP contribution in [-0.2, 0) is 0 Å². The molecule has 0 aliphatic carbocycles. The van der Waals surface area contributed by atoms with Gasteiger partial charge in [-0.1, -0.05) is 13.8 Å². The molecule has 0 saturated carbocycles. The van der Waals surface area contributed by atoms with Crippen LogP contribution in [-0.4, -0.2) is 47.8 Å². The van der Waals surface area contributed by atoms with Crippen molar-refractivity contribution in [1.29, 1.82) is 0 Å². The first-order chi connectivity index (χ1) is 6.65. The zero-order chi connectivity index (χ0) is 10.1. The average Bonchev–Trinajstić information content (AvgIpc) is 2.42. The first-order valence-electron chi connectivity index (χ1n) is 5.80. The number of aliphatic hydroxyl groups is 1. The number of nitrogens with zero attached hydrogens (tertiary/aromatic N) is 1. The summed E-state index contributed by atoms with van der Waals surface area (Å²) in [6, 6.07) is 1.23. The molecular formula is C11H22N2O. The average molecular weight is 198 g/mol. The Kier molecular flexibility index (Phi) is 3.10. The fourth-order valence-corrected chi connectivity index (χ4v) is 2.77. The third-order valence-corrected chi connectivity index (χ3v) is 3.36. The summed E-state index contributed by atoms with van der Waals surface area (Å²) in [4.78, 5) is 2.45. The van der Waals surface area contributed by atoms with Crippen molar-refractivity contribution in [2.24, 2.45) is 5.92 Å². The fraction of sp³-hybridized carbons (Fsp3) is 1.00. The van der Waals surface area contributed by atoms with Crippen molar-refractivity contribution in [2.75, 3.05) is 19.6 Å². The summed E-state index contributed by atoms with van der Waals surface area (Å²) >= 11 is 0. The number of aliphatic hydroxyl groups excluding tert-OH is 1. The van der Waals surface area contributed by atoms with Crippen molar-refractivity contribution in [2.45, 2.75) is 44.9 Å². The van der Waals surface area contributed by atoms with E-state index in [9.17, 15) is 5.11 Å². The molecule has 0 aromatic rings. The second-order valence-corrected chi connectivity index (χ2v) is 5.23. The van der Waals surface area contributed by atoms with Crippen LogP contribution in [0.2, 0.25) is 0 Å². The molecule has 2 aliphatic rings. The molecule has 3 atom stereocenters. The number of hydrogen-bond donors (Lipinski definition) is 2. The van der Waals surface area contributed by atoms with Crippen molar-refractivity contribution in [3.05, 3.63) is 0 Å². The highest BCUT2D eigenvalue weighted by molar-refractivity contribution is 4.93. The molecule has 2 fully saturated rings. The van der Waals surface area contributed by atoms with E-state index in [1.807, 2.05) is 0 Å². The molecule has 2 N–H and O–H groups in total. The van der Waals surface area contributed by atoms with E-state index in [1.54, 1.807) is 0 Å². The van der Waals surface area contributed by atoms with E-state index in [0.29, 0.717) is 12.1 Å². The van der Waals surface area contributed by atoms with Crippen molar-refractivity contribution in [3.8, 4) is 0 Å². The first kappa shape index (κ1) is 10.4. The highest BCUT2D eigenvalue weighted by Gasteiger charge is 2.35. The highest BCUT2D eigenvalue weighted by atomic mass is 16.3. The molecule has 2 saturated heterocycles. The summed E-state index contributed by atoms with van der Waals surface area (Å²) in [5, 5.41) is 13.1. The minimum absolute atomic E-state index is 0.0837. The summed E-state index contributed by atoms with van der Waals surface area (Å²) in [6.45, 7) is 7.62. The van der Waals surface area contributed by atoms with Crippen molar-refractivity contribution >= 4 is 0 Å². The van der Waals surface area contributed by atoms with Crippen molar-refractivity contribution in [1.82, 2.24) is 10.2 Å². The molecular weight excluding hydrogens is 176 g/mol. The Morgan fingerprint density at radius 3 is 2.93 bits per heavy atom. The lowest BCUT2D eigenvalue weighted by Crippen LogP contribution is -2.54. The summed E-state index contributed by atoms with van der Waals surface area (Å²) in [5.74, 6) is 0.761. The van der Waals surface area contributed by atoms with Crippen molar-refractivity contribution < 1.29 is 5.11 Å². The van der Waals surface area contributed by atoms with Gasteiger partial charge in [0.1, 0.15) is 0 Å². The standard InChI is InChI=1S/C11H22N2O/c1-8(2)3-9-6-13-7-11(14)4-10(13)5-12-9/h8-12,14H,3-7H2,1-2H3/t9-,10-,11+/m0/s1. The van der Waals surface area contributed by atoms with E-state index in [1.165, 1.54) is 6.42 Å². The van der Waals surface area contributed by atoms with Crippen LogP contribution in [0.25, 0.3) is 0 Å². The van der Waals surface area contributed by atoms with Gasteiger partial charge < -0.3 is 10.4 Å². The molecule has 14 heavy (non-hydrogen) atoms. The summed E-state index contributed by atoms with van der Waals surface area (Å²) in [6.07, 6.45) is 2.13. The van der Waals surface area contributed by atoms with Gasteiger partial charge in [-0.3, -0.25) is 4.90 Å². The molecule has 2 rings (SSSR count). The molecule has 2 aliphatic heterocycles. The zero-order valence-electron chi connectivity index (χ0n) is 9.24. The third kappa shape index (κ3) is 2.27. The van der Waals surface area contributed by atoms with Crippen LogP contribution in [0, 0.1) is 5.92 Å². The summed E-state index contributed by atoms with van der Waals surface area (Å²) < 4.78 is 0. The lowest BCUT2D eigenvalue weighted by molar-refractivity contribution is 0.146. The van der Waals surface area contributed by atoms with Gasteiger partial charge in [-0.2, -0.15) is 0 Å². The summed E-state index contributed by atoms with van der Waals surface area (Å²) in [5.41, 5.74) is 0. The highest BCUT2D eigenvalue weighted by Crippen LogP contribution is 2.22. The second kappa shape index (κ2) is 4.17. The Hall–Kier alpha value is -0.120. The third-order valence-electron chi connectivity index (χ3n) is 3.36. The van der Waals surface area contributed by atoms with E-state index >= 15 is 0 Å². The lowest BCUT2D eigenvalue weighted by Gasteiger charge is -2.36. The number of nitrogens with one attached hydrogen (secondary N) is 1. The van der Waals surface area contributed by atoms with Gasteiger partial charge >= 0.3 is 0 Å². The predicted molar refractivity (Wildman–Crippen MR) is 57.2 cm³/mol. The molecule has 3 nitrogen and oxygen atoms in total. The Morgan fingerprint density at radius 1 is 1.43 bits per heavy atom. The molecule has 0 unspecified atom stereocenters. The van der Waals surface area contributed by atoms with Gasteiger partial charge in [-0.05, 0) is 18.8 Å². The summed E-state index contributed by atoms with van der Waals surface area (Å²) in [7, 11) is 0. The largest absolute Gasteiger partial charge is 0.392 e. The van der Waals surface area contributed by atoms with E-state index in [2.05, 4.69) is 24.1 Å². The van der Waals surface area contributed by atoms with Crippen LogP contribution in [0.3, 0.4) is 0 Å². The number of fused-ring (bicyclic) bond motifs is 1. The SMILES string of the molecule is CC(C)C[C@H]1CN2C[C@H](O)C[C@H]2CN1. The molecule has 2 heterocycles. The minimum atomic E-state index is -0.0837. The minimum Gasteiger partial charge on any atom is -0.392 e. The zero-order valence-corrected chi connectivity index (χ0v) is 9.24. The molecule has 0 radical (unpaired) electrons. The van der Waals surface area contributed by atoms with Gasteiger partial charge in [0.05, 0.1) is 6.10 Å². The molecule has 82 valence electrons. The van der Waals surface area contributed by atoms with E-state index < -0.39 is 0 Å². The fourth-order valence-electron chi connectivity index (χ4n) is 2.77. The van der Waals surface area contributed by atoms with Gasteiger partial charge in [-0.25, -0.2) is 0 Å². The lowest BCUT2D eigenvalue weighted by atomic mass is 10.0. The van der Waals surface area contributed by atoms with Gasteiger partial charge in [0.15, 0.2) is 0 Å². The molecule has 3 heteroatoms. The van der Waals surface area contributed by atoms with Crippen LogP contribution in [0.5, 0.6) is 0 Å². The Labute approximate surface area is 86.5 Å². The maximum absolute atomic E-state index is 9.56. The smallest absolute Gasteiger partial charge is 0.0682 e. The van der Waals surface area contributed by atoms with E-state index in [4.69, 9.17) is 0 Å². The first-order valence-corrected chi connectivity index (χ1v) is 5.80. The maximum atomic E-state index is 9.56. The normalized spacial score (nSPS) is 39.0. The number of piperazine rings is 1. The van der Waals surface area contributed by atoms with Gasteiger partial charge in [0, 0.05) is 31.7 Å². The van der Waals surface area contributed by atoms with Gasteiger partial charge in [0.2, 0.25) is 0 Å². The Morgan fingerprint density at radius 2 is 2.21 bits per heavy atom. The van der Waals surface area contributed by atoms with Gasteiger partial charge in [-0.15, -0.1) is 0 Å². The molecule has 0 amide bonds. The monoisotopic (exact) mass is 198 g/mol. The molecule has 0 aromatic carbocycles. The molecule has 0 aromatic heterocycles.